The van der Waals surface area contributed by atoms with Gasteiger partial charge in [-0.25, -0.2) is 0 Å². The number of rotatable bonds is 3. The van der Waals surface area contributed by atoms with Crippen molar-refractivity contribution in [2.75, 3.05) is 19.7 Å². The van der Waals surface area contributed by atoms with Crippen LogP contribution in [0.4, 0.5) is 0 Å². The van der Waals surface area contributed by atoms with Gasteiger partial charge in [0.05, 0.1) is 12.0 Å². The van der Waals surface area contributed by atoms with E-state index in [4.69, 9.17) is 9.84 Å². The van der Waals surface area contributed by atoms with Crippen LogP contribution in [0.5, 0.6) is 0 Å². The summed E-state index contributed by atoms with van der Waals surface area (Å²) in [6.45, 7) is 7.00. The van der Waals surface area contributed by atoms with E-state index in [0.717, 1.165) is 32.5 Å². The first-order chi connectivity index (χ1) is 7.46. The number of carboxylic acids is 1. The Bertz CT molecular complexity index is 271. The van der Waals surface area contributed by atoms with Crippen LogP contribution in [0.3, 0.4) is 0 Å². The van der Waals surface area contributed by atoms with Gasteiger partial charge in [-0.15, -0.1) is 0 Å². The topological polar surface area (TPSA) is 49.8 Å². The third-order valence-electron chi connectivity index (χ3n) is 3.64. The van der Waals surface area contributed by atoms with Crippen molar-refractivity contribution >= 4 is 5.97 Å². The molecule has 0 spiro atoms. The van der Waals surface area contributed by atoms with Gasteiger partial charge in [0.15, 0.2) is 0 Å². The summed E-state index contributed by atoms with van der Waals surface area (Å²) >= 11 is 0. The molecule has 2 fully saturated rings. The first-order valence-electron chi connectivity index (χ1n) is 6.06. The summed E-state index contributed by atoms with van der Waals surface area (Å²) in [5.74, 6) is -0.305. The first-order valence-corrected chi connectivity index (χ1v) is 6.06. The monoisotopic (exact) mass is 227 g/mol. The van der Waals surface area contributed by atoms with E-state index in [1.54, 1.807) is 0 Å². The molecule has 4 nitrogen and oxygen atoms in total. The third kappa shape index (κ3) is 2.74. The molecular formula is C12H21NO3. The van der Waals surface area contributed by atoms with Gasteiger partial charge in [0.25, 0.3) is 0 Å². The Hall–Kier alpha value is -0.610. The first kappa shape index (κ1) is 11.9. The minimum atomic E-state index is -0.669. The number of aliphatic carboxylic acids is 1. The van der Waals surface area contributed by atoms with E-state index < -0.39 is 5.97 Å². The van der Waals surface area contributed by atoms with E-state index in [2.05, 4.69) is 18.7 Å². The minimum Gasteiger partial charge on any atom is -0.481 e. The molecular weight excluding hydrogens is 206 g/mol. The van der Waals surface area contributed by atoms with Crippen LogP contribution in [-0.2, 0) is 9.53 Å². The van der Waals surface area contributed by atoms with Crippen LogP contribution < -0.4 is 0 Å². The lowest BCUT2D eigenvalue weighted by Crippen LogP contribution is -2.56. The molecule has 0 radical (unpaired) electrons. The normalized spacial score (nSPS) is 31.0. The van der Waals surface area contributed by atoms with Crippen molar-refractivity contribution in [1.29, 1.82) is 0 Å². The van der Waals surface area contributed by atoms with Crippen LogP contribution >= 0.6 is 0 Å². The molecule has 2 rings (SSSR count). The largest absolute Gasteiger partial charge is 0.481 e. The molecule has 2 saturated heterocycles. The summed E-state index contributed by atoms with van der Waals surface area (Å²) in [6.07, 6.45) is 2.47. The molecule has 92 valence electrons. The fourth-order valence-electron chi connectivity index (χ4n) is 2.80. The van der Waals surface area contributed by atoms with Crippen LogP contribution in [0, 0.1) is 5.92 Å². The molecule has 0 saturated carbocycles. The lowest BCUT2D eigenvalue weighted by Gasteiger charge is -2.48. The second-order valence-electron chi connectivity index (χ2n) is 5.67. The Morgan fingerprint density at radius 2 is 2.19 bits per heavy atom. The lowest BCUT2D eigenvalue weighted by molar-refractivity contribution is -0.141. The van der Waals surface area contributed by atoms with Crippen LogP contribution in [-0.4, -0.2) is 47.3 Å². The molecule has 16 heavy (non-hydrogen) atoms. The fraction of sp³-hybridized carbons (Fsp3) is 0.917. The molecule has 4 heteroatoms. The highest BCUT2D eigenvalue weighted by atomic mass is 16.5. The predicted molar refractivity (Wildman–Crippen MR) is 60.4 cm³/mol. The number of carbonyl (C=O) groups is 1. The zero-order valence-corrected chi connectivity index (χ0v) is 10.1. The molecule has 0 aromatic rings. The highest BCUT2D eigenvalue weighted by Crippen LogP contribution is 2.32. The average molecular weight is 227 g/mol. The van der Waals surface area contributed by atoms with Gasteiger partial charge in [-0.1, -0.05) is 0 Å². The molecule has 0 aliphatic carbocycles. The van der Waals surface area contributed by atoms with Crippen molar-refractivity contribution < 1.29 is 14.6 Å². The molecule has 0 bridgehead atoms. The summed E-state index contributed by atoms with van der Waals surface area (Å²) in [7, 11) is 0. The number of nitrogens with zero attached hydrogens (tertiary/aromatic N) is 1. The van der Waals surface area contributed by atoms with Crippen LogP contribution in [0.2, 0.25) is 0 Å². The quantitative estimate of drug-likeness (QED) is 0.790. The zero-order chi connectivity index (χ0) is 11.8. The Morgan fingerprint density at radius 1 is 1.50 bits per heavy atom. The van der Waals surface area contributed by atoms with Crippen molar-refractivity contribution in [3.05, 3.63) is 0 Å². The highest BCUT2D eigenvalue weighted by Gasteiger charge is 2.38. The highest BCUT2D eigenvalue weighted by molar-refractivity contribution is 5.67. The van der Waals surface area contributed by atoms with Crippen molar-refractivity contribution in [2.24, 2.45) is 5.92 Å². The minimum absolute atomic E-state index is 0.0131. The molecule has 1 atom stereocenters. The standard InChI is InChI=1S/C12H21NO3/c1-12(2)6-10(3-4-16-12)13-7-9(8-13)5-11(14)15/h9-10H,3-8H2,1-2H3,(H,14,15). The van der Waals surface area contributed by atoms with Crippen molar-refractivity contribution in [2.45, 2.75) is 44.8 Å². The van der Waals surface area contributed by atoms with Crippen molar-refractivity contribution in [3.8, 4) is 0 Å². The van der Waals surface area contributed by atoms with Gasteiger partial charge in [-0.05, 0) is 32.6 Å². The average Bonchev–Trinajstić information content (AvgIpc) is 2.08. The maximum atomic E-state index is 10.6. The van der Waals surface area contributed by atoms with Gasteiger partial charge in [0.1, 0.15) is 0 Å². The van der Waals surface area contributed by atoms with E-state index in [0.29, 0.717) is 18.4 Å². The Balaban J connectivity index is 1.77. The van der Waals surface area contributed by atoms with Crippen molar-refractivity contribution in [1.82, 2.24) is 4.90 Å². The Morgan fingerprint density at radius 3 is 2.75 bits per heavy atom. The molecule has 2 aliphatic rings. The summed E-state index contributed by atoms with van der Waals surface area (Å²) in [5, 5.41) is 8.69. The maximum absolute atomic E-state index is 10.6. The summed E-state index contributed by atoms with van der Waals surface area (Å²) in [6, 6.07) is 0.591. The fourth-order valence-corrected chi connectivity index (χ4v) is 2.80. The number of carboxylic acid groups (broad SMARTS) is 1. The molecule has 2 heterocycles. The SMILES string of the molecule is CC1(C)CC(N2CC(CC(=O)O)C2)CCO1. The van der Waals surface area contributed by atoms with Crippen LogP contribution in [0.1, 0.15) is 33.1 Å². The van der Waals surface area contributed by atoms with E-state index >= 15 is 0 Å². The van der Waals surface area contributed by atoms with Crippen LogP contribution in [0.25, 0.3) is 0 Å². The van der Waals surface area contributed by atoms with Gasteiger partial charge in [-0.2, -0.15) is 0 Å². The van der Waals surface area contributed by atoms with E-state index in [-0.39, 0.29) is 5.60 Å². The van der Waals surface area contributed by atoms with Gasteiger partial charge in [-0.3, -0.25) is 9.69 Å². The number of hydrogen-bond acceptors (Lipinski definition) is 3. The van der Waals surface area contributed by atoms with E-state index in [1.165, 1.54) is 0 Å². The maximum Gasteiger partial charge on any atom is 0.303 e. The van der Waals surface area contributed by atoms with Gasteiger partial charge >= 0.3 is 5.97 Å². The van der Waals surface area contributed by atoms with Crippen LogP contribution in [0.15, 0.2) is 0 Å². The summed E-state index contributed by atoms with van der Waals surface area (Å²) in [5.41, 5.74) is -0.0131. The third-order valence-corrected chi connectivity index (χ3v) is 3.64. The molecule has 0 aromatic carbocycles. The Kier molecular flexibility index (Phi) is 3.22. The molecule has 2 aliphatic heterocycles. The second kappa shape index (κ2) is 4.34. The second-order valence-corrected chi connectivity index (χ2v) is 5.67. The number of hydrogen-bond donors (Lipinski definition) is 1. The van der Waals surface area contributed by atoms with Gasteiger partial charge < -0.3 is 9.84 Å². The summed E-state index contributed by atoms with van der Waals surface area (Å²) < 4.78 is 5.68. The van der Waals surface area contributed by atoms with Gasteiger partial charge in [0.2, 0.25) is 0 Å². The summed E-state index contributed by atoms with van der Waals surface area (Å²) in [4.78, 5) is 13.0. The zero-order valence-electron chi connectivity index (χ0n) is 10.1. The van der Waals surface area contributed by atoms with E-state index in [1.807, 2.05) is 0 Å². The smallest absolute Gasteiger partial charge is 0.303 e. The Labute approximate surface area is 96.6 Å². The van der Waals surface area contributed by atoms with Gasteiger partial charge in [0, 0.05) is 25.7 Å². The number of likely N-dealkylation sites (tertiary alicyclic amines) is 1. The lowest BCUT2D eigenvalue weighted by atomic mass is 9.87. The predicted octanol–water partition coefficient (Wildman–Crippen LogP) is 1.35. The van der Waals surface area contributed by atoms with Crippen molar-refractivity contribution in [3.63, 3.8) is 0 Å². The van der Waals surface area contributed by atoms with E-state index in [9.17, 15) is 4.79 Å². The molecule has 0 amide bonds. The molecule has 1 unspecified atom stereocenters. The molecule has 0 aromatic heterocycles. The number of ether oxygens (including phenoxy) is 1. The molecule has 1 N–H and O–H groups in total.